The second-order valence-electron chi connectivity index (χ2n) is 8.87. The molecule has 0 spiro atoms. The molecule has 0 heterocycles. The first-order valence-electron chi connectivity index (χ1n) is 8.82. The molecule has 2 N–H and O–H groups in total. The summed E-state index contributed by atoms with van der Waals surface area (Å²) in [5, 5.41) is 14.7. The molecule has 0 radical (unpaired) electrons. The molecule has 3 atom stereocenters. The first kappa shape index (κ1) is 14.8. The molecule has 3 fully saturated rings. The largest absolute Gasteiger partial charge is 0.389 e. The van der Waals surface area contributed by atoms with Crippen molar-refractivity contribution in [3.8, 4) is 0 Å². The molecule has 20 heavy (non-hydrogen) atoms. The second kappa shape index (κ2) is 4.98. The normalized spacial score (nSPS) is 42.6. The van der Waals surface area contributed by atoms with Gasteiger partial charge in [0.25, 0.3) is 0 Å². The predicted molar refractivity (Wildman–Crippen MR) is 83.7 cm³/mol. The van der Waals surface area contributed by atoms with Gasteiger partial charge in [0.15, 0.2) is 0 Å². The Balaban J connectivity index is 1.65. The number of fused-ring (bicyclic) bond motifs is 2. The zero-order valence-corrected chi connectivity index (χ0v) is 13.7. The third kappa shape index (κ3) is 2.43. The minimum Gasteiger partial charge on any atom is -0.389 e. The van der Waals surface area contributed by atoms with E-state index in [1.807, 2.05) is 0 Å². The highest BCUT2D eigenvalue weighted by Gasteiger charge is 2.59. The maximum atomic E-state index is 10.9. The third-order valence-electron chi connectivity index (χ3n) is 6.94. The van der Waals surface area contributed by atoms with Gasteiger partial charge in [-0.3, -0.25) is 0 Å². The first-order valence-corrected chi connectivity index (χ1v) is 8.82. The van der Waals surface area contributed by atoms with E-state index in [0.29, 0.717) is 16.9 Å². The highest BCUT2D eigenvalue weighted by atomic mass is 16.3. The summed E-state index contributed by atoms with van der Waals surface area (Å²) >= 11 is 0. The van der Waals surface area contributed by atoms with Crippen molar-refractivity contribution < 1.29 is 5.11 Å². The maximum absolute atomic E-state index is 10.9. The zero-order valence-electron chi connectivity index (χ0n) is 13.7. The van der Waals surface area contributed by atoms with Gasteiger partial charge in [-0.2, -0.15) is 0 Å². The lowest BCUT2D eigenvalue weighted by molar-refractivity contribution is 0.00766. The molecule has 0 aromatic rings. The molecular formula is C18H33NO. The van der Waals surface area contributed by atoms with Crippen LogP contribution in [0.2, 0.25) is 0 Å². The van der Waals surface area contributed by atoms with E-state index in [4.69, 9.17) is 0 Å². The molecule has 0 aromatic carbocycles. The van der Waals surface area contributed by atoms with Crippen LogP contribution in [0.3, 0.4) is 0 Å². The highest BCUT2D eigenvalue weighted by molar-refractivity contribution is 5.12. The van der Waals surface area contributed by atoms with Crippen LogP contribution in [-0.2, 0) is 0 Å². The monoisotopic (exact) mass is 279 g/mol. The zero-order chi connectivity index (χ0) is 14.4. The van der Waals surface area contributed by atoms with Crippen LogP contribution in [0.1, 0.15) is 78.6 Å². The molecule has 0 aromatic heterocycles. The smallest absolute Gasteiger partial charge is 0.0771 e. The molecule has 2 heteroatoms. The van der Waals surface area contributed by atoms with Crippen LogP contribution in [-0.4, -0.2) is 23.3 Å². The molecule has 0 amide bonds. The number of nitrogens with one attached hydrogen (secondary N) is 1. The molecular weight excluding hydrogens is 246 g/mol. The van der Waals surface area contributed by atoms with E-state index in [1.165, 1.54) is 44.9 Å². The van der Waals surface area contributed by atoms with E-state index in [-0.39, 0.29) is 0 Å². The third-order valence-corrected chi connectivity index (χ3v) is 6.94. The Morgan fingerprint density at radius 3 is 2.20 bits per heavy atom. The number of aliphatic hydroxyl groups is 1. The number of hydrogen-bond acceptors (Lipinski definition) is 2. The predicted octanol–water partition coefficient (Wildman–Crippen LogP) is 3.88. The van der Waals surface area contributed by atoms with E-state index in [2.05, 4.69) is 26.1 Å². The van der Waals surface area contributed by atoms with Gasteiger partial charge in [0.2, 0.25) is 0 Å². The van der Waals surface area contributed by atoms with Crippen LogP contribution >= 0.6 is 0 Å². The summed E-state index contributed by atoms with van der Waals surface area (Å²) in [6.45, 7) is 8.16. The quantitative estimate of drug-likeness (QED) is 0.769. The second-order valence-corrected chi connectivity index (χ2v) is 8.87. The van der Waals surface area contributed by atoms with E-state index in [1.54, 1.807) is 0 Å². The molecule has 3 saturated carbocycles. The van der Waals surface area contributed by atoms with Crippen molar-refractivity contribution in [2.24, 2.45) is 16.7 Å². The van der Waals surface area contributed by atoms with Gasteiger partial charge in [-0.1, -0.05) is 46.5 Å². The molecule has 0 saturated heterocycles. The van der Waals surface area contributed by atoms with E-state index in [0.717, 1.165) is 25.3 Å². The van der Waals surface area contributed by atoms with Crippen LogP contribution in [0, 0.1) is 16.7 Å². The molecule has 3 aliphatic carbocycles. The summed E-state index contributed by atoms with van der Waals surface area (Å²) in [7, 11) is 0. The summed E-state index contributed by atoms with van der Waals surface area (Å²) in [5.74, 6) is 0.883. The fourth-order valence-corrected chi connectivity index (χ4v) is 5.67. The van der Waals surface area contributed by atoms with Crippen LogP contribution in [0.5, 0.6) is 0 Å². The summed E-state index contributed by atoms with van der Waals surface area (Å²) in [4.78, 5) is 0. The van der Waals surface area contributed by atoms with Crippen molar-refractivity contribution in [1.82, 2.24) is 5.32 Å². The molecule has 3 rings (SSSR count). The fourth-order valence-electron chi connectivity index (χ4n) is 5.67. The van der Waals surface area contributed by atoms with Gasteiger partial charge < -0.3 is 10.4 Å². The van der Waals surface area contributed by atoms with Crippen molar-refractivity contribution in [2.75, 3.05) is 6.54 Å². The summed E-state index contributed by atoms with van der Waals surface area (Å²) in [6.07, 6.45) is 11.2. The van der Waals surface area contributed by atoms with Gasteiger partial charge in [0.1, 0.15) is 0 Å². The summed E-state index contributed by atoms with van der Waals surface area (Å²) in [6, 6.07) is 0.584. The summed E-state index contributed by atoms with van der Waals surface area (Å²) in [5.41, 5.74) is 0.425. The van der Waals surface area contributed by atoms with E-state index in [9.17, 15) is 5.11 Å². The van der Waals surface area contributed by atoms with Gasteiger partial charge in [0, 0.05) is 12.6 Å². The molecule has 2 bridgehead atoms. The van der Waals surface area contributed by atoms with Crippen LogP contribution in [0.25, 0.3) is 0 Å². The van der Waals surface area contributed by atoms with Crippen molar-refractivity contribution >= 4 is 0 Å². The average Bonchev–Trinajstić information content (AvgIpc) is 2.74. The van der Waals surface area contributed by atoms with Crippen molar-refractivity contribution in [1.29, 1.82) is 0 Å². The van der Waals surface area contributed by atoms with Crippen molar-refractivity contribution in [2.45, 2.75) is 90.2 Å². The van der Waals surface area contributed by atoms with Gasteiger partial charge in [0.05, 0.1) is 5.60 Å². The number of hydrogen-bond donors (Lipinski definition) is 2. The Labute approximate surface area is 124 Å². The van der Waals surface area contributed by atoms with Crippen LogP contribution in [0.4, 0.5) is 0 Å². The Morgan fingerprint density at radius 2 is 1.65 bits per heavy atom. The lowest BCUT2D eigenvalue weighted by Gasteiger charge is -2.44. The maximum Gasteiger partial charge on any atom is 0.0771 e. The lowest BCUT2D eigenvalue weighted by atomic mass is 9.68. The van der Waals surface area contributed by atoms with Gasteiger partial charge in [-0.25, -0.2) is 0 Å². The average molecular weight is 279 g/mol. The van der Waals surface area contributed by atoms with Crippen molar-refractivity contribution in [3.63, 3.8) is 0 Å². The highest BCUT2D eigenvalue weighted by Crippen LogP contribution is 2.62. The SMILES string of the molecule is CC12CCC(C1)C(C)(C)C2NCC1(O)CCCCCC1. The van der Waals surface area contributed by atoms with Crippen LogP contribution in [0.15, 0.2) is 0 Å². The van der Waals surface area contributed by atoms with E-state index < -0.39 is 5.60 Å². The fraction of sp³-hybridized carbons (Fsp3) is 1.00. The topological polar surface area (TPSA) is 32.3 Å². The van der Waals surface area contributed by atoms with Crippen molar-refractivity contribution in [3.05, 3.63) is 0 Å². The van der Waals surface area contributed by atoms with Gasteiger partial charge in [-0.05, 0) is 48.9 Å². The Hall–Kier alpha value is -0.0800. The minimum atomic E-state index is -0.440. The lowest BCUT2D eigenvalue weighted by Crippen LogP contribution is -2.54. The van der Waals surface area contributed by atoms with Gasteiger partial charge in [-0.15, -0.1) is 0 Å². The molecule has 3 aliphatic rings. The Morgan fingerprint density at radius 1 is 1.00 bits per heavy atom. The van der Waals surface area contributed by atoms with Crippen LogP contribution < -0.4 is 5.32 Å². The molecule has 3 unspecified atom stereocenters. The standard InChI is InChI=1S/C18H33NO/c1-16(2)14-8-11-17(3,12-14)15(16)19-13-18(20)9-6-4-5-7-10-18/h14-15,19-20H,4-13H2,1-3H3. The van der Waals surface area contributed by atoms with Gasteiger partial charge >= 0.3 is 0 Å². The van der Waals surface area contributed by atoms with E-state index >= 15 is 0 Å². The molecule has 116 valence electrons. The summed E-state index contributed by atoms with van der Waals surface area (Å²) < 4.78 is 0. The minimum absolute atomic E-state index is 0.397. The first-order chi connectivity index (χ1) is 9.36. The molecule has 2 nitrogen and oxygen atoms in total. The molecule has 0 aliphatic heterocycles. The Bertz CT molecular complexity index is 352. The number of rotatable bonds is 3. The Kier molecular flexibility index (Phi) is 3.70.